The molecule has 0 bridgehead atoms. The average Bonchev–Trinajstić information content (AvgIpc) is 2.06. The fraction of sp³-hybridized carbons (Fsp3) is 0.875. The zero-order valence-corrected chi connectivity index (χ0v) is 7.12. The lowest BCUT2D eigenvalue weighted by atomic mass is 9.85. The molecule has 12 heavy (non-hydrogen) atoms. The van der Waals surface area contributed by atoms with Gasteiger partial charge in [0.2, 0.25) is 0 Å². The van der Waals surface area contributed by atoms with Crippen LogP contribution in [0.5, 0.6) is 0 Å². The zero-order valence-electron chi connectivity index (χ0n) is 7.12. The van der Waals surface area contributed by atoms with Crippen molar-refractivity contribution in [2.45, 2.75) is 25.4 Å². The quantitative estimate of drug-likeness (QED) is 0.629. The molecule has 1 saturated heterocycles. The van der Waals surface area contributed by atoms with E-state index in [0.29, 0.717) is 13.2 Å². The highest BCUT2D eigenvalue weighted by atomic mass is 16.5. The van der Waals surface area contributed by atoms with E-state index in [9.17, 15) is 9.90 Å². The second-order valence-corrected chi connectivity index (χ2v) is 3.37. The third kappa shape index (κ3) is 1.76. The van der Waals surface area contributed by atoms with Crippen molar-refractivity contribution in [3.05, 3.63) is 0 Å². The maximum atomic E-state index is 10.6. The van der Waals surface area contributed by atoms with E-state index in [-0.39, 0.29) is 5.92 Å². The molecule has 1 rings (SSSR count). The normalized spacial score (nSPS) is 29.3. The van der Waals surface area contributed by atoms with Crippen LogP contribution in [-0.4, -0.2) is 35.0 Å². The van der Waals surface area contributed by atoms with Gasteiger partial charge in [0.05, 0.1) is 6.61 Å². The summed E-state index contributed by atoms with van der Waals surface area (Å²) in [5.41, 5.74) is -1.64. The zero-order chi connectivity index (χ0) is 9.19. The highest BCUT2D eigenvalue weighted by Gasteiger charge is 2.40. The molecule has 0 saturated carbocycles. The Kier molecular flexibility index (Phi) is 2.69. The van der Waals surface area contributed by atoms with Gasteiger partial charge in [0.15, 0.2) is 5.60 Å². The van der Waals surface area contributed by atoms with Crippen LogP contribution in [0.2, 0.25) is 0 Å². The molecule has 1 aliphatic heterocycles. The van der Waals surface area contributed by atoms with Gasteiger partial charge in [-0.25, -0.2) is 4.79 Å². The van der Waals surface area contributed by atoms with Crippen molar-refractivity contribution in [3.63, 3.8) is 0 Å². The summed E-state index contributed by atoms with van der Waals surface area (Å²) >= 11 is 0. The Morgan fingerprint density at radius 2 is 2.33 bits per heavy atom. The van der Waals surface area contributed by atoms with Gasteiger partial charge in [-0.2, -0.15) is 0 Å². The van der Waals surface area contributed by atoms with Gasteiger partial charge >= 0.3 is 5.97 Å². The molecule has 2 unspecified atom stereocenters. The van der Waals surface area contributed by atoms with Gasteiger partial charge in [-0.1, -0.05) is 0 Å². The number of carbonyl (C=O) groups is 1. The van der Waals surface area contributed by atoms with Gasteiger partial charge in [-0.15, -0.1) is 0 Å². The van der Waals surface area contributed by atoms with E-state index in [4.69, 9.17) is 9.84 Å². The second-order valence-electron chi connectivity index (χ2n) is 3.37. The number of ether oxygens (including phenoxy) is 1. The number of hydrogen-bond donors (Lipinski definition) is 2. The number of rotatable bonds is 2. The molecule has 70 valence electrons. The van der Waals surface area contributed by atoms with E-state index < -0.39 is 11.6 Å². The predicted molar refractivity (Wildman–Crippen MR) is 41.8 cm³/mol. The highest BCUT2D eigenvalue weighted by molar-refractivity contribution is 5.76. The van der Waals surface area contributed by atoms with E-state index in [1.54, 1.807) is 0 Å². The van der Waals surface area contributed by atoms with Gasteiger partial charge in [-0.05, 0) is 19.8 Å². The lowest BCUT2D eigenvalue weighted by molar-refractivity contribution is -0.168. The summed E-state index contributed by atoms with van der Waals surface area (Å²) in [4.78, 5) is 10.6. The summed E-state index contributed by atoms with van der Waals surface area (Å²) in [6.07, 6.45) is 1.55. The van der Waals surface area contributed by atoms with Gasteiger partial charge in [0, 0.05) is 12.5 Å². The summed E-state index contributed by atoms with van der Waals surface area (Å²) in [7, 11) is 0. The summed E-state index contributed by atoms with van der Waals surface area (Å²) in [6.45, 7) is 2.35. The fourth-order valence-corrected chi connectivity index (χ4v) is 1.36. The minimum absolute atomic E-state index is 0.274. The first-order chi connectivity index (χ1) is 5.55. The molecular weight excluding hydrogens is 160 g/mol. The Labute approximate surface area is 71.2 Å². The van der Waals surface area contributed by atoms with Crippen LogP contribution < -0.4 is 0 Å². The summed E-state index contributed by atoms with van der Waals surface area (Å²) in [6, 6.07) is 0. The Hall–Kier alpha value is -0.610. The third-order valence-corrected chi connectivity index (χ3v) is 2.39. The van der Waals surface area contributed by atoms with Gasteiger partial charge in [-0.3, -0.25) is 0 Å². The standard InChI is InChI=1S/C8H14O4/c1-8(11,7(9)10)6-3-2-4-12-5-6/h6,11H,2-5H2,1H3,(H,9,10). The minimum Gasteiger partial charge on any atom is -0.479 e. The lowest BCUT2D eigenvalue weighted by Crippen LogP contribution is -2.46. The van der Waals surface area contributed by atoms with Crippen molar-refractivity contribution in [3.8, 4) is 0 Å². The van der Waals surface area contributed by atoms with E-state index >= 15 is 0 Å². The average molecular weight is 174 g/mol. The maximum Gasteiger partial charge on any atom is 0.335 e. The van der Waals surface area contributed by atoms with Gasteiger partial charge < -0.3 is 14.9 Å². The molecule has 0 radical (unpaired) electrons. The molecule has 0 amide bonds. The monoisotopic (exact) mass is 174 g/mol. The van der Waals surface area contributed by atoms with Crippen LogP contribution in [0.1, 0.15) is 19.8 Å². The Morgan fingerprint density at radius 3 is 2.75 bits per heavy atom. The van der Waals surface area contributed by atoms with Crippen LogP contribution in [0.3, 0.4) is 0 Å². The smallest absolute Gasteiger partial charge is 0.335 e. The van der Waals surface area contributed by atoms with Gasteiger partial charge in [0.1, 0.15) is 0 Å². The Bertz CT molecular complexity index is 170. The number of hydrogen-bond acceptors (Lipinski definition) is 3. The van der Waals surface area contributed by atoms with E-state index in [1.807, 2.05) is 0 Å². The van der Waals surface area contributed by atoms with Crippen LogP contribution in [0, 0.1) is 5.92 Å². The predicted octanol–water partition coefficient (Wildman–Crippen LogP) is 0.249. The van der Waals surface area contributed by atoms with E-state index in [0.717, 1.165) is 12.8 Å². The van der Waals surface area contributed by atoms with Crippen molar-refractivity contribution >= 4 is 5.97 Å². The van der Waals surface area contributed by atoms with Crippen LogP contribution in [0.15, 0.2) is 0 Å². The fourth-order valence-electron chi connectivity index (χ4n) is 1.36. The molecule has 1 fully saturated rings. The molecule has 1 heterocycles. The van der Waals surface area contributed by atoms with E-state index in [1.165, 1.54) is 6.92 Å². The number of carboxylic acids is 1. The Balaban J connectivity index is 2.59. The largest absolute Gasteiger partial charge is 0.479 e. The first kappa shape index (κ1) is 9.48. The number of aliphatic hydroxyl groups is 1. The molecule has 0 aromatic heterocycles. The first-order valence-electron chi connectivity index (χ1n) is 4.08. The first-order valence-corrected chi connectivity index (χ1v) is 4.08. The molecule has 0 spiro atoms. The molecule has 0 aromatic rings. The van der Waals surface area contributed by atoms with Crippen molar-refractivity contribution in [2.75, 3.05) is 13.2 Å². The molecule has 4 nitrogen and oxygen atoms in total. The van der Waals surface area contributed by atoms with E-state index in [2.05, 4.69) is 0 Å². The topological polar surface area (TPSA) is 66.8 Å². The molecule has 0 aromatic carbocycles. The highest BCUT2D eigenvalue weighted by Crippen LogP contribution is 2.25. The maximum absolute atomic E-state index is 10.6. The van der Waals surface area contributed by atoms with Crippen molar-refractivity contribution < 1.29 is 19.7 Å². The molecular formula is C8H14O4. The number of carboxylic acid groups (broad SMARTS) is 1. The van der Waals surface area contributed by atoms with Crippen LogP contribution >= 0.6 is 0 Å². The molecule has 4 heteroatoms. The lowest BCUT2D eigenvalue weighted by Gasteiger charge is -2.31. The summed E-state index contributed by atoms with van der Waals surface area (Å²) in [5.74, 6) is -1.44. The van der Waals surface area contributed by atoms with Crippen molar-refractivity contribution in [1.82, 2.24) is 0 Å². The van der Waals surface area contributed by atoms with Crippen LogP contribution in [0.25, 0.3) is 0 Å². The van der Waals surface area contributed by atoms with Crippen LogP contribution in [-0.2, 0) is 9.53 Å². The summed E-state index contributed by atoms with van der Waals surface area (Å²) < 4.78 is 5.10. The number of aliphatic carboxylic acids is 1. The minimum atomic E-state index is -1.64. The van der Waals surface area contributed by atoms with Gasteiger partial charge in [0.25, 0.3) is 0 Å². The van der Waals surface area contributed by atoms with Crippen molar-refractivity contribution in [1.29, 1.82) is 0 Å². The Morgan fingerprint density at radius 1 is 1.67 bits per heavy atom. The molecule has 0 aliphatic carbocycles. The summed E-state index contributed by atoms with van der Waals surface area (Å²) in [5, 5.41) is 18.2. The third-order valence-electron chi connectivity index (χ3n) is 2.39. The second kappa shape index (κ2) is 3.41. The van der Waals surface area contributed by atoms with Crippen molar-refractivity contribution in [2.24, 2.45) is 5.92 Å². The van der Waals surface area contributed by atoms with Crippen LogP contribution in [0.4, 0.5) is 0 Å². The molecule has 1 aliphatic rings. The SMILES string of the molecule is CC(O)(C(=O)O)C1CCCOC1. The molecule has 2 N–H and O–H groups in total. The molecule has 2 atom stereocenters.